The van der Waals surface area contributed by atoms with Crippen molar-refractivity contribution in [3.63, 3.8) is 0 Å². The van der Waals surface area contributed by atoms with Crippen LogP contribution < -0.4 is 19.5 Å². The molecule has 11 heteroatoms. The molecule has 2 aromatic carbocycles. The second-order valence-electron chi connectivity index (χ2n) is 6.72. The van der Waals surface area contributed by atoms with Crippen molar-refractivity contribution in [1.29, 1.82) is 0 Å². The molecule has 0 spiro atoms. The predicted molar refractivity (Wildman–Crippen MR) is 120 cm³/mol. The molecule has 1 amide bonds. The Labute approximate surface area is 191 Å². The molecule has 162 valence electrons. The highest BCUT2D eigenvalue weighted by molar-refractivity contribution is 7.99. The number of carbonyl (C=O) groups excluding carboxylic acids is 1. The fourth-order valence-electron chi connectivity index (χ4n) is 3.16. The van der Waals surface area contributed by atoms with Gasteiger partial charge in [-0.3, -0.25) is 4.79 Å². The minimum Gasteiger partial charge on any atom is -0.495 e. The number of halogens is 1. The summed E-state index contributed by atoms with van der Waals surface area (Å²) in [7, 11) is 1.53. The molecule has 0 fully saturated rings. The Bertz CT molecular complexity index is 1330. The summed E-state index contributed by atoms with van der Waals surface area (Å²) < 4.78 is 17.7. The minimum absolute atomic E-state index is 0.104. The van der Waals surface area contributed by atoms with E-state index in [-0.39, 0.29) is 18.5 Å². The van der Waals surface area contributed by atoms with E-state index in [1.165, 1.54) is 18.9 Å². The van der Waals surface area contributed by atoms with Crippen molar-refractivity contribution < 1.29 is 19.0 Å². The van der Waals surface area contributed by atoms with E-state index in [4.69, 9.17) is 25.8 Å². The van der Waals surface area contributed by atoms with Crippen LogP contribution in [0.1, 0.15) is 0 Å². The van der Waals surface area contributed by atoms with Gasteiger partial charge in [0.1, 0.15) is 5.75 Å². The summed E-state index contributed by atoms with van der Waals surface area (Å²) in [6.45, 7) is 0.209. The average molecular weight is 470 g/mol. The normalized spacial score (nSPS) is 12.2. The van der Waals surface area contributed by atoms with Crippen molar-refractivity contribution >= 4 is 40.6 Å². The molecule has 0 atom stereocenters. The Balaban J connectivity index is 1.33. The van der Waals surface area contributed by atoms with Gasteiger partial charge in [0.2, 0.25) is 17.9 Å². The number of nitrogens with one attached hydrogen (secondary N) is 1. The second kappa shape index (κ2) is 8.56. The molecule has 3 heterocycles. The van der Waals surface area contributed by atoms with Gasteiger partial charge in [-0.05, 0) is 48.5 Å². The third-order valence-corrected chi connectivity index (χ3v) is 5.82. The summed E-state index contributed by atoms with van der Waals surface area (Å²) in [5.41, 5.74) is 2.66. The van der Waals surface area contributed by atoms with Crippen LogP contribution in [0.4, 0.5) is 5.69 Å². The maximum atomic E-state index is 12.5. The number of aromatic nitrogens is 4. The van der Waals surface area contributed by atoms with Gasteiger partial charge in [-0.1, -0.05) is 23.4 Å². The lowest BCUT2D eigenvalue weighted by Crippen LogP contribution is -2.15. The Hall–Kier alpha value is -3.50. The fraction of sp³-hybridized carbons (Fsp3) is 0.143. The maximum Gasteiger partial charge on any atom is 0.234 e. The van der Waals surface area contributed by atoms with Crippen molar-refractivity contribution in [2.24, 2.45) is 0 Å². The van der Waals surface area contributed by atoms with E-state index in [1.54, 1.807) is 22.7 Å². The summed E-state index contributed by atoms with van der Waals surface area (Å²) >= 11 is 7.24. The fourth-order valence-corrected chi connectivity index (χ4v) is 4.02. The molecule has 1 N–H and O–H groups in total. The first kappa shape index (κ1) is 20.4. The van der Waals surface area contributed by atoms with E-state index in [9.17, 15) is 4.79 Å². The molecule has 4 aromatic rings. The summed E-state index contributed by atoms with van der Waals surface area (Å²) in [5.74, 6) is 1.77. The van der Waals surface area contributed by atoms with Gasteiger partial charge in [0.15, 0.2) is 17.1 Å². The zero-order valence-electron chi connectivity index (χ0n) is 16.7. The molecule has 1 aliphatic heterocycles. The maximum absolute atomic E-state index is 12.5. The van der Waals surface area contributed by atoms with Gasteiger partial charge in [0.25, 0.3) is 0 Å². The molecule has 2 aromatic heterocycles. The number of hydrogen-bond acceptors (Lipinski definition) is 8. The molecule has 0 bridgehead atoms. The molecule has 0 saturated heterocycles. The van der Waals surface area contributed by atoms with Gasteiger partial charge < -0.3 is 19.5 Å². The molecule has 5 rings (SSSR count). The molecule has 1 aliphatic rings. The van der Waals surface area contributed by atoms with Crippen molar-refractivity contribution in [2.45, 2.75) is 5.16 Å². The number of nitrogens with zero attached hydrogens (tertiary/aromatic N) is 4. The number of rotatable bonds is 6. The van der Waals surface area contributed by atoms with E-state index in [2.05, 4.69) is 20.6 Å². The topological polar surface area (TPSA) is 99.9 Å². The van der Waals surface area contributed by atoms with Crippen LogP contribution in [0.2, 0.25) is 5.02 Å². The number of thioether (sulfide) groups is 1. The first-order valence-corrected chi connectivity index (χ1v) is 10.9. The Morgan fingerprint density at radius 1 is 1.16 bits per heavy atom. The zero-order chi connectivity index (χ0) is 22.1. The van der Waals surface area contributed by atoms with Crippen LogP contribution in [0, 0.1) is 0 Å². The minimum atomic E-state index is -0.237. The average Bonchev–Trinajstić information content (AvgIpc) is 3.43. The van der Waals surface area contributed by atoms with E-state index in [0.717, 1.165) is 5.56 Å². The number of hydrogen-bond donors (Lipinski definition) is 1. The number of ether oxygens (including phenoxy) is 3. The predicted octanol–water partition coefficient (Wildman–Crippen LogP) is 3.91. The molecule has 0 unspecified atom stereocenters. The van der Waals surface area contributed by atoms with Gasteiger partial charge >= 0.3 is 0 Å². The summed E-state index contributed by atoms with van der Waals surface area (Å²) in [6, 6.07) is 14.3. The van der Waals surface area contributed by atoms with Crippen LogP contribution in [0.5, 0.6) is 17.2 Å². The number of anilines is 1. The molecule has 9 nitrogen and oxygen atoms in total. The molecular formula is C21H16ClN5O4S. The van der Waals surface area contributed by atoms with E-state index in [0.29, 0.717) is 44.5 Å². The lowest BCUT2D eigenvalue weighted by Gasteiger charge is -2.10. The summed E-state index contributed by atoms with van der Waals surface area (Å²) in [6.07, 6.45) is 0. The van der Waals surface area contributed by atoms with Crippen LogP contribution in [0.3, 0.4) is 0 Å². The van der Waals surface area contributed by atoms with Crippen LogP contribution in [0.25, 0.3) is 16.9 Å². The zero-order valence-corrected chi connectivity index (χ0v) is 18.3. The molecule has 0 aliphatic carbocycles. The van der Waals surface area contributed by atoms with E-state index in [1.807, 2.05) is 30.3 Å². The van der Waals surface area contributed by atoms with E-state index >= 15 is 0 Å². The summed E-state index contributed by atoms with van der Waals surface area (Å²) in [5, 5.41) is 16.7. The third-order valence-electron chi connectivity index (χ3n) is 4.67. The highest BCUT2D eigenvalue weighted by Gasteiger charge is 2.16. The Morgan fingerprint density at radius 3 is 2.91 bits per heavy atom. The van der Waals surface area contributed by atoms with Gasteiger partial charge in [0, 0.05) is 10.6 Å². The molecule has 0 saturated carbocycles. The second-order valence-corrected chi connectivity index (χ2v) is 8.10. The number of carbonyl (C=O) groups is 1. The quantitative estimate of drug-likeness (QED) is 0.424. The van der Waals surface area contributed by atoms with E-state index < -0.39 is 0 Å². The van der Waals surface area contributed by atoms with Gasteiger partial charge in [-0.15, -0.1) is 10.2 Å². The summed E-state index contributed by atoms with van der Waals surface area (Å²) in [4.78, 5) is 12.5. The van der Waals surface area contributed by atoms with Gasteiger partial charge in [-0.25, -0.2) is 0 Å². The standard InChI is InChI=1S/C21H16ClN5O4S/c1-29-16-6-3-13(22)9-15(16)23-20(28)10-32-21-25-24-19-7-4-14(26-27(19)21)12-2-5-17-18(8-12)31-11-30-17/h2-9H,10-11H2,1H3,(H,23,28). The Morgan fingerprint density at radius 2 is 2.03 bits per heavy atom. The smallest absolute Gasteiger partial charge is 0.234 e. The largest absolute Gasteiger partial charge is 0.495 e. The van der Waals surface area contributed by atoms with Crippen molar-refractivity contribution in [2.75, 3.05) is 25.0 Å². The van der Waals surface area contributed by atoms with Crippen molar-refractivity contribution in [1.82, 2.24) is 19.8 Å². The number of methoxy groups -OCH3 is 1. The monoisotopic (exact) mass is 469 g/mol. The van der Waals surface area contributed by atoms with Crippen LogP contribution in [0.15, 0.2) is 53.7 Å². The SMILES string of the molecule is COc1ccc(Cl)cc1NC(=O)CSc1nnc2ccc(-c3ccc4c(c3)OCO4)nn12. The van der Waals surface area contributed by atoms with Gasteiger partial charge in [-0.2, -0.15) is 9.61 Å². The van der Waals surface area contributed by atoms with Crippen molar-refractivity contribution in [3.05, 3.63) is 53.6 Å². The lowest BCUT2D eigenvalue weighted by atomic mass is 10.1. The molecule has 0 radical (unpaired) electrons. The number of benzene rings is 2. The lowest BCUT2D eigenvalue weighted by molar-refractivity contribution is -0.113. The van der Waals surface area contributed by atoms with Crippen LogP contribution >= 0.6 is 23.4 Å². The molecular weight excluding hydrogens is 454 g/mol. The molecule has 32 heavy (non-hydrogen) atoms. The highest BCUT2D eigenvalue weighted by Crippen LogP contribution is 2.35. The third kappa shape index (κ3) is 4.02. The highest BCUT2D eigenvalue weighted by atomic mass is 35.5. The van der Waals surface area contributed by atoms with Gasteiger partial charge in [0.05, 0.1) is 24.2 Å². The first-order chi connectivity index (χ1) is 15.6. The number of amides is 1. The van der Waals surface area contributed by atoms with Crippen LogP contribution in [-0.4, -0.2) is 45.4 Å². The number of fused-ring (bicyclic) bond motifs is 2. The first-order valence-electron chi connectivity index (χ1n) is 9.49. The Kier molecular flexibility index (Phi) is 5.46. The van der Waals surface area contributed by atoms with Crippen molar-refractivity contribution in [3.8, 4) is 28.5 Å². The van der Waals surface area contributed by atoms with Crippen LogP contribution in [-0.2, 0) is 4.79 Å².